The Kier molecular flexibility index (Phi) is 5.53. The first-order chi connectivity index (χ1) is 9.22. The van der Waals surface area contributed by atoms with Crippen LogP contribution in [0.25, 0.3) is 0 Å². The largest absolute Gasteiger partial charge is 0.396 e. The summed E-state index contributed by atoms with van der Waals surface area (Å²) in [6, 6.07) is 2.28. The van der Waals surface area contributed by atoms with Crippen molar-refractivity contribution < 1.29 is 12.8 Å². The molecule has 0 heterocycles. The Morgan fingerprint density at radius 2 is 1.85 bits per heavy atom. The van der Waals surface area contributed by atoms with E-state index in [1.54, 1.807) is 0 Å². The van der Waals surface area contributed by atoms with Crippen LogP contribution in [0.15, 0.2) is 17.0 Å². The van der Waals surface area contributed by atoms with Crippen molar-refractivity contribution >= 4 is 15.7 Å². The minimum atomic E-state index is -3.68. The number of sulfonamides is 1. The zero-order chi connectivity index (χ0) is 15.5. The molecule has 1 unspecified atom stereocenters. The first-order valence-electron chi connectivity index (χ1n) is 6.80. The molecule has 1 aromatic rings. The summed E-state index contributed by atoms with van der Waals surface area (Å²) in [4.78, 5) is 0.00621. The maximum Gasteiger partial charge on any atom is 0.240 e. The molecule has 3 N–H and O–H groups in total. The maximum absolute atomic E-state index is 13.5. The Balaban J connectivity index is 3.06. The topological polar surface area (TPSA) is 72.2 Å². The van der Waals surface area contributed by atoms with E-state index < -0.39 is 15.8 Å². The molecule has 0 aliphatic rings. The maximum atomic E-state index is 13.5. The number of nitrogens with two attached hydrogens (primary N) is 1. The lowest BCUT2D eigenvalue weighted by molar-refractivity contribution is 0.390. The molecular weight excluding hydrogens is 279 g/mol. The van der Waals surface area contributed by atoms with Crippen molar-refractivity contribution in [1.29, 1.82) is 0 Å². The Bertz CT molecular complexity index is 546. The van der Waals surface area contributed by atoms with E-state index in [9.17, 15) is 12.8 Å². The number of aryl methyl sites for hydroxylation is 1. The number of anilines is 1. The fraction of sp³-hybridized carbons (Fsp3) is 0.571. The van der Waals surface area contributed by atoms with Crippen molar-refractivity contribution in [2.45, 2.75) is 51.5 Å². The predicted octanol–water partition coefficient (Wildman–Crippen LogP) is 2.82. The number of rotatable bonds is 6. The molecule has 0 saturated carbocycles. The predicted molar refractivity (Wildman–Crippen MR) is 79.4 cm³/mol. The smallest absolute Gasteiger partial charge is 0.240 e. The summed E-state index contributed by atoms with van der Waals surface area (Å²) in [6.45, 7) is 7.39. The van der Waals surface area contributed by atoms with Crippen molar-refractivity contribution in [3.05, 3.63) is 23.5 Å². The lowest BCUT2D eigenvalue weighted by Crippen LogP contribution is -2.37. The summed E-state index contributed by atoms with van der Waals surface area (Å²) < 4.78 is 40.7. The summed E-state index contributed by atoms with van der Waals surface area (Å²) >= 11 is 0. The van der Waals surface area contributed by atoms with Crippen LogP contribution < -0.4 is 10.5 Å². The third-order valence-electron chi connectivity index (χ3n) is 3.66. The van der Waals surface area contributed by atoms with Gasteiger partial charge in [-0.1, -0.05) is 26.7 Å². The van der Waals surface area contributed by atoms with Crippen molar-refractivity contribution in [3.8, 4) is 0 Å². The third-order valence-corrected chi connectivity index (χ3v) is 5.20. The van der Waals surface area contributed by atoms with E-state index in [2.05, 4.69) is 4.72 Å². The molecule has 1 aromatic carbocycles. The number of hydrogen-bond donors (Lipinski definition) is 2. The lowest BCUT2D eigenvalue weighted by Gasteiger charge is -2.22. The number of hydrogen-bond acceptors (Lipinski definition) is 3. The minimum absolute atomic E-state index is 0.00621. The van der Waals surface area contributed by atoms with Crippen LogP contribution in [0.3, 0.4) is 0 Å². The van der Waals surface area contributed by atoms with Gasteiger partial charge in [0.2, 0.25) is 10.0 Å². The second-order valence-electron chi connectivity index (χ2n) is 5.13. The molecule has 1 rings (SSSR count). The highest BCUT2D eigenvalue weighted by atomic mass is 32.2. The average Bonchev–Trinajstić information content (AvgIpc) is 2.36. The molecule has 0 bridgehead atoms. The zero-order valence-corrected chi connectivity index (χ0v) is 13.2. The third kappa shape index (κ3) is 3.70. The van der Waals surface area contributed by atoms with Gasteiger partial charge in [0.25, 0.3) is 0 Å². The van der Waals surface area contributed by atoms with Gasteiger partial charge < -0.3 is 5.73 Å². The quantitative estimate of drug-likeness (QED) is 0.794. The van der Waals surface area contributed by atoms with Gasteiger partial charge in [0.15, 0.2) is 0 Å². The fourth-order valence-corrected chi connectivity index (χ4v) is 3.75. The highest BCUT2D eigenvalue weighted by Gasteiger charge is 2.23. The molecule has 0 amide bonds. The fourth-order valence-electron chi connectivity index (χ4n) is 2.32. The van der Waals surface area contributed by atoms with Gasteiger partial charge in [0.1, 0.15) is 5.82 Å². The van der Waals surface area contributed by atoms with Crippen LogP contribution in [0, 0.1) is 18.7 Å². The molecule has 1 atom stereocenters. The molecular formula is C14H23FN2O2S. The molecule has 114 valence electrons. The van der Waals surface area contributed by atoms with Crippen molar-refractivity contribution in [3.63, 3.8) is 0 Å². The second kappa shape index (κ2) is 6.54. The monoisotopic (exact) mass is 302 g/mol. The van der Waals surface area contributed by atoms with E-state index >= 15 is 0 Å². The van der Waals surface area contributed by atoms with E-state index in [-0.39, 0.29) is 28.1 Å². The highest BCUT2D eigenvalue weighted by molar-refractivity contribution is 7.89. The summed E-state index contributed by atoms with van der Waals surface area (Å²) in [6.07, 6.45) is 1.79. The molecule has 0 aliphatic carbocycles. The number of nitrogens with one attached hydrogen (secondary N) is 1. The van der Waals surface area contributed by atoms with Crippen LogP contribution in [0.5, 0.6) is 0 Å². The van der Waals surface area contributed by atoms with Gasteiger partial charge in [-0.15, -0.1) is 0 Å². The van der Waals surface area contributed by atoms with Gasteiger partial charge in [0, 0.05) is 6.04 Å². The van der Waals surface area contributed by atoms with Gasteiger partial charge in [-0.25, -0.2) is 17.5 Å². The molecule has 20 heavy (non-hydrogen) atoms. The Morgan fingerprint density at radius 1 is 1.30 bits per heavy atom. The first kappa shape index (κ1) is 16.9. The molecule has 0 spiro atoms. The second-order valence-corrected chi connectivity index (χ2v) is 6.84. The number of halogens is 1. The Hall–Kier alpha value is -1.14. The van der Waals surface area contributed by atoms with Gasteiger partial charge in [-0.3, -0.25) is 0 Å². The number of benzene rings is 1. The Labute approximate surface area is 120 Å². The van der Waals surface area contributed by atoms with Crippen LogP contribution in [0.4, 0.5) is 10.1 Å². The van der Waals surface area contributed by atoms with Crippen molar-refractivity contribution in [2.75, 3.05) is 5.73 Å². The van der Waals surface area contributed by atoms with Gasteiger partial charge in [-0.2, -0.15) is 0 Å². The average molecular weight is 302 g/mol. The summed E-state index contributed by atoms with van der Waals surface area (Å²) in [7, 11) is -3.68. The van der Waals surface area contributed by atoms with Crippen LogP contribution >= 0.6 is 0 Å². The molecule has 6 heteroatoms. The van der Waals surface area contributed by atoms with Crippen LogP contribution in [-0.2, 0) is 10.0 Å². The normalized spacial score (nSPS) is 13.7. The van der Waals surface area contributed by atoms with Gasteiger partial charge >= 0.3 is 0 Å². The van der Waals surface area contributed by atoms with Crippen LogP contribution in [-0.4, -0.2) is 14.5 Å². The van der Waals surface area contributed by atoms with Gasteiger partial charge in [0.05, 0.1) is 10.6 Å². The Morgan fingerprint density at radius 3 is 2.30 bits per heavy atom. The molecule has 0 radical (unpaired) electrons. The molecule has 0 saturated heterocycles. The molecule has 0 aliphatic heterocycles. The van der Waals surface area contributed by atoms with Gasteiger partial charge in [-0.05, 0) is 37.5 Å². The summed E-state index contributed by atoms with van der Waals surface area (Å²) in [5.41, 5.74) is 5.56. The first-order valence-corrected chi connectivity index (χ1v) is 8.29. The standard InChI is InChI=1S/C14H23FN2O2S/c1-5-11(6-2)10(4)17-20(18,19)12-7-9(3)14(15)13(16)8-12/h7-8,10-11,17H,5-6,16H2,1-4H3. The van der Waals surface area contributed by atoms with Crippen molar-refractivity contribution in [1.82, 2.24) is 4.72 Å². The number of nitrogen functional groups attached to an aromatic ring is 1. The van der Waals surface area contributed by atoms with Crippen LogP contribution in [0.1, 0.15) is 39.2 Å². The van der Waals surface area contributed by atoms with Crippen molar-refractivity contribution in [2.24, 2.45) is 5.92 Å². The minimum Gasteiger partial charge on any atom is -0.396 e. The molecule has 0 fully saturated rings. The van der Waals surface area contributed by atoms with E-state index in [4.69, 9.17) is 5.73 Å². The SMILES string of the molecule is CCC(CC)C(C)NS(=O)(=O)c1cc(C)c(F)c(N)c1. The summed E-state index contributed by atoms with van der Waals surface area (Å²) in [5, 5.41) is 0. The van der Waals surface area contributed by atoms with Crippen LogP contribution in [0.2, 0.25) is 0 Å². The lowest BCUT2D eigenvalue weighted by atomic mass is 9.96. The highest BCUT2D eigenvalue weighted by Crippen LogP contribution is 2.22. The van der Waals surface area contributed by atoms with E-state index in [1.165, 1.54) is 13.0 Å². The molecule has 4 nitrogen and oxygen atoms in total. The van der Waals surface area contributed by atoms with E-state index in [0.29, 0.717) is 0 Å². The van der Waals surface area contributed by atoms with E-state index in [0.717, 1.165) is 18.9 Å². The zero-order valence-electron chi connectivity index (χ0n) is 12.4. The van der Waals surface area contributed by atoms with E-state index in [1.807, 2.05) is 20.8 Å². The summed E-state index contributed by atoms with van der Waals surface area (Å²) in [5.74, 6) is -0.305. The molecule has 0 aromatic heterocycles.